The maximum atomic E-state index is 5.70. The molecule has 3 aliphatic rings. The smallest absolute Gasteiger partial charge is 0.160 e. The van der Waals surface area contributed by atoms with Crippen LogP contribution in [0.5, 0.6) is 0 Å². The summed E-state index contributed by atoms with van der Waals surface area (Å²) >= 11 is 0. The van der Waals surface area contributed by atoms with Crippen LogP contribution in [0.15, 0.2) is 273 Å². The number of para-hydroxylation sites is 3. The fourth-order valence-corrected chi connectivity index (χ4v) is 17.5. The molecule has 5 heteroatoms. The third-order valence-electron chi connectivity index (χ3n) is 22.1. The molecule has 4 aromatic heterocycles. The molecule has 0 spiro atoms. The van der Waals surface area contributed by atoms with Crippen LogP contribution < -0.4 is 0 Å². The van der Waals surface area contributed by atoms with Crippen LogP contribution >= 0.6 is 0 Å². The summed E-state index contributed by atoms with van der Waals surface area (Å²) in [4.78, 5) is 11.2. The van der Waals surface area contributed by atoms with Crippen LogP contribution in [0.25, 0.3) is 161 Å². The average molecular weight is 1200 g/mol. The number of fused-ring (bicyclic) bond motifs is 22. The molecule has 4 heterocycles. The second-order valence-electron chi connectivity index (χ2n) is 28.0. The van der Waals surface area contributed by atoms with E-state index in [4.69, 9.17) is 9.97 Å². The van der Waals surface area contributed by atoms with Crippen LogP contribution in [0.2, 0.25) is 0 Å². The minimum atomic E-state index is -0.137. The maximum Gasteiger partial charge on any atom is 0.160 e. The third-order valence-corrected chi connectivity index (χ3v) is 22.1. The molecule has 0 bridgehead atoms. The first kappa shape index (κ1) is 53.3. The molecule has 0 amide bonds. The summed E-state index contributed by atoms with van der Waals surface area (Å²) < 4.78 is 7.49. The molecule has 0 radical (unpaired) electrons. The zero-order valence-corrected chi connectivity index (χ0v) is 53.2. The average Bonchev–Trinajstić information content (AvgIpc) is 1.55. The molecule has 0 saturated heterocycles. The topological polar surface area (TPSA) is 40.6 Å². The Morgan fingerprint density at radius 3 is 1.10 bits per heavy atom. The molecular formula is C89H63N5. The number of benzene rings is 13. The zero-order chi connectivity index (χ0) is 62.7. The SMILES string of the molecule is CC1(C)c2ccccc2-c2c1ccc1c3ccccc3n(-c3ccc(-c4nc(-c5ccc(-n6c7ccccc7c7ccc8c(c76)-c6ccccc6C8(C)C)cc5)c5cc(-c6cccc(-n7c8ccccc8c8ccc9c(c87)-c7ccccc7C9(C)C)c6)ccc5n4)cc3)c21. The quantitative estimate of drug-likeness (QED) is 0.166. The molecule has 5 nitrogen and oxygen atoms in total. The highest BCUT2D eigenvalue weighted by atomic mass is 15.0. The van der Waals surface area contributed by atoms with Crippen molar-refractivity contribution < 1.29 is 0 Å². The van der Waals surface area contributed by atoms with Gasteiger partial charge in [0.05, 0.1) is 44.3 Å². The van der Waals surface area contributed by atoms with Crippen molar-refractivity contribution >= 4 is 76.3 Å². The van der Waals surface area contributed by atoms with E-state index in [2.05, 4.69) is 328 Å². The van der Waals surface area contributed by atoms with E-state index in [1.54, 1.807) is 0 Å². The van der Waals surface area contributed by atoms with Gasteiger partial charge in [0, 0.05) is 98.8 Å². The first-order chi connectivity index (χ1) is 45.9. The van der Waals surface area contributed by atoms with Crippen LogP contribution in [0.4, 0.5) is 0 Å². The predicted molar refractivity (Wildman–Crippen MR) is 392 cm³/mol. The molecule has 0 saturated carbocycles. The summed E-state index contributed by atoms with van der Waals surface area (Å²) in [5.74, 6) is 0.676. The van der Waals surface area contributed by atoms with E-state index >= 15 is 0 Å². The molecule has 3 aliphatic carbocycles. The second-order valence-corrected chi connectivity index (χ2v) is 28.0. The fraction of sp³-hybridized carbons (Fsp3) is 0.101. The monoisotopic (exact) mass is 1200 g/mol. The van der Waals surface area contributed by atoms with Gasteiger partial charge in [0.1, 0.15) is 0 Å². The van der Waals surface area contributed by atoms with Crippen LogP contribution in [-0.2, 0) is 16.2 Å². The van der Waals surface area contributed by atoms with Gasteiger partial charge in [-0.1, -0.05) is 236 Å². The first-order valence-corrected chi connectivity index (χ1v) is 33.1. The van der Waals surface area contributed by atoms with Crippen LogP contribution in [-0.4, -0.2) is 23.7 Å². The van der Waals surface area contributed by atoms with Gasteiger partial charge in [0.2, 0.25) is 0 Å². The lowest BCUT2D eigenvalue weighted by molar-refractivity contribution is 0.660. The van der Waals surface area contributed by atoms with Gasteiger partial charge in [-0.2, -0.15) is 0 Å². The molecule has 20 rings (SSSR count). The summed E-state index contributed by atoms with van der Waals surface area (Å²) in [5, 5.41) is 8.50. The molecule has 94 heavy (non-hydrogen) atoms. The Kier molecular flexibility index (Phi) is 10.7. The Morgan fingerprint density at radius 2 is 0.638 bits per heavy atom. The summed E-state index contributed by atoms with van der Waals surface area (Å²) in [6, 6.07) is 102. The normalized spacial score (nSPS) is 14.5. The van der Waals surface area contributed by atoms with Crippen LogP contribution in [0.1, 0.15) is 74.9 Å². The molecule has 0 fully saturated rings. The van der Waals surface area contributed by atoms with Gasteiger partial charge in [-0.15, -0.1) is 0 Å². The molecule has 444 valence electrons. The molecule has 0 unspecified atom stereocenters. The number of aromatic nitrogens is 5. The largest absolute Gasteiger partial charge is 0.309 e. The Balaban J connectivity index is 0.764. The van der Waals surface area contributed by atoms with Crippen molar-refractivity contribution in [3.8, 4) is 84.2 Å². The van der Waals surface area contributed by atoms with Gasteiger partial charge < -0.3 is 13.7 Å². The second kappa shape index (κ2) is 18.9. The lowest BCUT2D eigenvalue weighted by atomic mass is 9.82. The molecule has 0 aliphatic heterocycles. The van der Waals surface area contributed by atoms with Gasteiger partial charge >= 0.3 is 0 Å². The van der Waals surface area contributed by atoms with Crippen molar-refractivity contribution in [3.63, 3.8) is 0 Å². The minimum absolute atomic E-state index is 0.129. The fourth-order valence-electron chi connectivity index (χ4n) is 17.5. The lowest BCUT2D eigenvalue weighted by Crippen LogP contribution is -2.14. The van der Waals surface area contributed by atoms with Crippen molar-refractivity contribution in [2.45, 2.75) is 57.8 Å². The van der Waals surface area contributed by atoms with E-state index in [0.29, 0.717) is 5.82 Å². The summed E-state index contributed by atoms with van der Waals surface area (Å²) in [6.07, 6.45) is 0. The van der Waals surface area contributed by atoms with Crippen molar-refractivity contribution in [2.24, 2.45) is 0 Å². The van der Waals surface area contributed by atoms with Crippen LogP contribution in [0.3, 0.4) is 0 Å². The summed E-state index contributed by atoms with van der Waals surface area (Å²) in [7, 11) is 0. The van der Waals surface area contributed by atoms with Gasteiger partial charge in [-0.25, -0.2) is 9.97 Å². The Bertz CT molecular complexity index is 6180. The van der Waals surface area contributed by atoms with E-state index in [-0.39, 0.29) is 16.2 Å². The van der Waals surface area contributed by atoms with Gasteiger partial charge in [0.25, 0.3) is 0 Å². The number of hydrogen-bond donors (Lipinski definition) is 0. The third kappa shape index (κ3) is 7.08. The number of hydrogen-bond acceptors (Lipinski definition) is 2. The highest BCUT2D eigenvalue weighted by Gasteiger charge is 2.41. The minimum Gasteiger partial charge on any atom is -0.309 e. The Morgan fingerprint density at radius 1 is 0.255 bits per heavy atom. The zero-order valence-electron chi connectivity index (χ0n) is 53.2. The van der Waals surface area contributed by atoms with E-state index < -0.39 is 0 Å². The van der Waals surface area contributed by atoms with Crippen LogP contribution in [0, 0.1) is 0 Å². The maximum absolute atomic E-state index is 5.70. The first-order valence-electron chi connectivity index (χ1n) is 33.1. The van der Waals surface area contributed by atoms with E-state index in [0.717, 1.165) is 55.9 Å². The van der Waals surface area contributed by atoms with Gasteiger partial charge in [-0.05, 0) is 140 Å². The number of nitrogens with zero attached hydrogens (tertiary/aromatic N) is 5. The summed E-state index contributed by atoms with van der Waals surface area (Å²) in [6.45, 7) is 14.2. The number of rotatable bonds is 6. The Hall–Kier alpha value is -11.4. The highest BCUT2D eigenvalue weighted by Crippen LogP contribution is 2.56. The standard InChI is InChI=1S/C89H63N5/c1-87(2)69-28-13-7-25-65(69)79-72(87)46-43-62-59-22-10-16-31-76(59)92(83(62)79)56-39-34-52(35-40-56)82-68-51-55(54-20-19-21-58(50-54)94-78-33-18-12-24-61(78)64-45-48-74-81(85(64)94)67-27-9-15-30-71(67)89(74,5)6)38-49-75(68)90-86(91-82)53-36-41-57(42-37-53)93-77-32-17-11-23-60(77)63-44-47-73-80(84(63)93)66-26-8-14-29-70(66)88(73,3)4/h7-51H,1-6H3. The lowest BCUT2D eigenvalue weighted by Gasteiger charge is -2.21. The van der Waals surface area contributed by atoms with Crippen molar-refractivity contribution in [1.29, 1.82) is 0 Å². The van der Waals surface area contributed by atoms with E-state index in [1.807, 2.05) is 0 Å². The molecular weight excluding hydrogens is 1140 g/mol. The highest BCUT2D eigenvalue weighted by molar-refractivity contribution is 6.18. The van der Waals surface area contributed by atoms with Crippen molar-refractivity contribution in [3.05, 3.63) is 306 Å². The molecule has 0 N–H and O–H groups in total. The molecule has 17 aromatic rings. The molecule has 13 aromatic carbocycles. The Labute approximate surface area is 545 Å². The predicted octanol–water partition coefficient (Wildman–Crippen LogP) is 22.8. The van der Waals surface area contributed by atoms with Crippen molar-refractivity contribution in [1.82, 2.24) is 23.7 Å². The van der Waals surface area contributed by atoms with Crippen molar-refractivity contribution in [2.75, 3.05) is 0 Å². The molecule has 0 atom stereocenters. The summed E-state index contributed by atoms with van der Waals surface area (Å²) in [5.41, 5.74) is 32.2. The van der Waals surface area contributed by atoms with Gasteiger partial charge in [-0.3, -0.25) is 0 Å². The van der Waals surface area contributed by atoms with E-state index in [1.165, 1.54) is 132 Å². The van der Waals surface area contributed by atoms with E-state index in [9.17, 15) is 0 Å². The van der Waals surface area contributed by atoms with Gasteiger partial charge in [0.15, 0.2) is 5.82 Å².